The first kappa shape index (κ1) is 15.1. The highest BCUT2D eigenvalue weighted by Gasteiger charge is 2.21. The van der Waals surface area contributed by atoms with Crippen LogP contribution in [0.1, 0.15) is 23.5 Å². The van der Waals surface area contributed by atoms with Crippen molar-refractivity contribution < 1.29 is 9.53 Å². The number of amides is 1. The van der Waals surface area contributed by atoms with Gasteiger partial charge in [-0.1, -0.05) is 36.4 Å². The molecule has 0 spiro atoms. The average Bonchev–Trinajstić information content (AvgIpc) is 3.09. The van der Waals surface area contributed by atoms with Crippen LogP contribution in [0, 0.1) is 0 Å². The topological polar surface area (TPSA) is 67.0 Å². The number of hydrogen-bond acceptors (Lipinski definition) is 3. The van der Waals surface area contributed by atoms with Crippen molar-refractivity contribution >= 4 is 16.8 Å². The number of carbonyl (C=O) groups is 1. The van der Waals surface area contributed by atoms with Gasteiger partial charge in [0, 0.05) is 24.8 Å². The second-order valence-electron chi connectivity index (χ2n) is 5.36. The molecule has 0 saturated heterocycles. The largest absolute Gasteiger partial charge is 0.494 e. The molecule has 1 aromatic heterocycles. The van der Waals surface area contributed by atoms with Gasteiger partial charge in [0.1, 0.15) is 11.3 Å². The van der Waals surface area contributed by atoms with Gasteiger partial charge in [-0.25, -0.2) is 0 Å². The summed E-state index contributed by atoms with van der Waals surface area (Å²) >= 11 is 0. The summed E-state index contributed by atoms with van der Waals surface area (Å²) in [6, 6.07) is 14.0. The molecule has 1 heterocycles. The Balaban J connectivity index is 2.13. The molecule has 2 N–H and O–H groups in total. The lowest BCUT2D eigenvalue weighted by Gasteiger charge is -2.19. The highest BCUT2D eigenvalue weighted by Crippen LogP contribution is 2.35. The number of hydrogen-bond donors (Lipinski definition) is 2. The third kappa shape index (κ3) is 2.90. The summed E-state index contributed by atoms with van der Waals surface area (Å²) in [7, 11) is 3.29. The van der Waals surface area contributed by atoms with Crippen molar-refractivity contribution in [2.75, 3.05) is 14.2 Å². The molecule has 0 bridgehead atoms. The van der Waals surface area contributed by atoms with Crippen LogP contribution in [0.3, 0.4) is 0 Å². The Labute approximate surface area is 134 Å². The lowest BCUT2D eigenvalue weighted by molar-refractivity contribution is -0.120. The van der Waals surface area contributed by atoms with Crippen LogP contribution in [0.15, 0.2) is 48.7 Å². The molecule has 0 aliphatic rings. The molecular formula is C18H19N3O2. The summed E-state index contributed by atoms with van der Waals surface area (Å²) in [5.41, 5.74) is 3.01. The smallest absolute Gasteiger partial charge is 0.220 e. The SMILES string of the molecule is CNC(=O)CC(c1ccccc1)c1ccc(OC)c2[nH]ncc12. The second kappa shape index (κ2) is 6.52. The fraction of sp³-hybridized carbons (Fsp3) is 0.222. The van der Waals surface area contributed by atoms with Gasteiger partial charge in [-0.15, -0.1) is 0 Å². The number of nitrogens with zero attached hydrogens (tertiary/aromatic N) is 1. The van der Waals surface area contributed by atoms with Crippen molar-refractivity contribution in [3.8, 4) is 5.75 Å². The van der Waals surface area contributed by atoms with Crippen molar-refractivity contribution in [1.82, 2.24) is 15.5 Å². The van der Waals surface area contributed by atoms with E-state index in [-0.39, 0.29) is 11.8 Å². The van der Waals surface area contributed by atoms with Crippen molar-refractivity contribution in [2.45, 2.75) is 12.3 Å². The molecule has 0 fully saturated rings. The van der Waals surface area contributed by atoms with Crippen molar-refractivity contribution in [2.24, 2.45) is 0 Å². The van der Waals surface area contributed by atoms with E-state index in [2.05, 4.69) is 15.5 Å². The van der Waals surface area contributed by atoms with E-state index in [0.717, 1.165) is 27.8 Å². The lowest BCUT2D eigenvalue weighted by Crippen LogP contribution is -2.21. The number of ether oxygens (including phenoxy) is 1. The Kier molecular flexibility index (Phi) is 4.28. The van der Waals surface area contributed by atoms with Gasteiger partial charge in [-0.05, 0) is 17.2 Å². The van der Waals surface area contributed by atoms with Gasteiger partial charge in [-0.3, -0.25) is 9.89 Å². The predicted molar refractivity (Wildman–Crippen MR) is 89.6 cm³/mol. The average molecular weight is 309 g/mol. The number of fused-ring (bicyclic) bond motifs is 1. The van der Waals surface area contributed by atoms with E-state index in [1.165, 1.54) is 0 Å². The quantitative estimate of drug-likeness (QED) is 0.761. The number of benzene rings is 2. The van der Waals surface area contributed by atoms with Crippen molar-refractivity contribution in [3.05, 3.63) is 59.8 Å². The molecule has 0 aliphatic carbocycles. The minimum atomic E-state index is -0.0397. The molecular weight excluding hydrogens is 290 g/mol. The summed E-state index contributed by atoms with van der Waals surface area (Å²) in [5.74, 6) is 0.710. The first-order valence-electron chi connectivity index (χ1n) is 7.50. The third-order valence-corrected chi connectivity index (χ3v) is 4.08. The molecule has 0 saturated carbocycles. The Bertz CT molecular complexity index is 812. The number of nitrogens with one attached hydrogen (secondary N) is 2. The van der Waals surface area contributed by atoms with Gasteiger partial charge >= 0.3 is 0 Å². The number of H-pyrrole nitrogens is 1. The van der Waals surface area contributed by atoms with Crippen LogP contribution in [-0.4, -0.2) is 30.3 Å². The normalized spacial score (nSPS) is 12.1. The third-order valence-electron chi connectivity index (χ3n) is 4.08. The zero-order chi connectivity index (χ0) is 16.2. The summed E-state index contributed by atoms with van der Waals surface area (Å²) in [6.45, 7) is 0. The maximum Gasteiger partial charge on any atom is 0.220 e. The van der Waals surface area contributed by atoms with Gasteiger partial charge in [0.2, 0.25) is 5.91 Å². The van der Waals surface area contributed by atoms with Gasteiger partial charge in [0.15, 0.2) is 0 Å². The van der Waals surface area contributed by atoms with Crippen LogP contribution in [0.2, 0.25) is 0 Å². The molecule has 1 atom stereocenters. The molecule has 5 nitrogen and oxygen atoms in total. The van der Waals surface area contributed by atoms with E-state index in [4.69, 9.17) is 4.74 Å². The van der Waals surface area contributed by atoms with Gasteiger partial charge in [0.05, 0.1) is 13.3 Å². The Morgan fingerprint density at radius 2 is 2.04 bits per heavy atom. The fourth-order valence-electron chi connectivity index (χ4n) is 2.89. The predicted octanol–water partition coefficient (Wildman–Crippen LogP) is 2.84. The van der Waals surface area contributed by atoms with E-state index in [1.54, 1.807) is 20.4 Å². The van der Waals surface area contributed by atoms with Crippen LogP contribution in [0.5, 0.6) is 5.75 Å². The number of aromatic nitrogens is 2. The zero-order valence-electron chi connectivity index (χ0n) is 13.2. The van der Waals surface area contributed by atoms with Crippen LogP contribution >= 0.6 is 0 Å². The molecule has 3 aromatic rings. The molecule has 1 amide bonds. The molecule has 5 heteroatoms. The number of carbonyl (C=O) groups excluding carboxylic acids is 1. The second-order valence-corrected chi connectivity index (χ2v) is 5.36. The van der Waals surface area contributed by atoms with Gasteiger partial charge < -0.3 is 10.1 Å². The van der Waals surface area contributed by atoms with Gasteiger partial charge in [0.25, 0.3) is 0 Å². The van der Waals surface area contributed by atoms with E-state index in [9.17, 15) is 4.79 Å². The standard InChI is InChI=1S/C18H19N3O2/c1-19-17(22)10-14(12-6-4-3-5-7-12)13-8-9-16(23-2)18-15(13)11-20-21-18/h3-9,11,14H,10H2,1-2H3,(H,19,22)(H,20,21). The Morgan fingerprint density at radius 1 is 1.26 bits per heavy atom. The van der Waals surface area contributed by atoms with E-state index in [0.29, 0.717) is 6.42 Å². The number of rotatable bonds is 5. The molecule has 1 unspecified atom stereocenters. The highest BCUT2D eigenvalue weighted by atomic mass is 16.5. The highest BCUT2D eigenvalue weighted by molar-refractivity contribution is 5.89. The molecule has 118 valence electrons. The lowest BCUT2D eigenvalue weighted by atomic mass is 9.86. The summed E-state index contributed by atoms with van der Waals surface area (Å²) in [5, 5.41) is 10.8. The van der Waals surface area contributed by atoms with E-state index < -0.39 is 0 Å². The molecule has 2 aromatic carbocycles. The summed E-state index contributed by atoms with van der Waals surface area (Å²) in [6.07, 6.45) is 2.17. The molecule has 23 heavy (non-hydrogen) atoms. The summed E-state index contributed by atoms with van der Waals surface area (Å²) < 4.78 is 5.38. The monoisotopic (exact) mass is 309 g/mol. The minimum absolute atomic E-state index is 0.00585. The van der Waals surface area contributed by atoms with Crippen molar-refractivity contribution in [3.63, 3.8) is 0 Å². The van der Waals surface area contributed by atoms with Gasteiger partial charge in [-0.2, -0.15) is 5.10 Å². The molecule has 0 radical (unpaired) electrons. The number of aromatic amines is 1. The zero-order valence-corrected chi connectivity index (χ0v) is 13.2. The van der Waals surface area contributed by atoms with Crippen LogP contribution in [-0.2, 0) is 4.79 Å². The number of methoxy groups -OCH3 is 1. The van der Waals surface area contributed by atoms with Crippen LogP contribution in [0.4, 0.5) is 0 Å². The molecule has 0 aliphatic heterocycles. The maximum absolute atomic E-state index is 12.0. The fourth-order valence-corrected chi connectivity index (χ4v) is 2.89. The van der Waals surface area contributed by atoms with E-state index in [1.807, 2.05) is 42.5 Å². The Morgan fingerprint density at radius 3 is 2.74 bits per heavy atom. The van der Waals surface area contributed by atoms with Crippen LogP contribution in [0.25, 0.3) is 10.9 Å². The summed E-state index contributed by atoms with van der Waals surface area (Å²) in [4.78, 5) is 12.0. The Hall–Kier alpha value is -2.82. The molecule has 3 rings (SSSR count). The van der Waals surface area contributed by atoms with Crippen LogP contribution < -0.4 is 10.1 Å². The minimum Gasteiger partial charge on any atom is -0.494 e. The first-order chi connectivity index (χ1) is 11.2. The van der Waals surface area contributed by atoms with E-state index >= 15 is 0 Å². The van der Waals surface area contributed by atoms with Crippen molar-refractivity contribution in [1.29, 1.82) is 0 Å². The first-order valence-corrected chi connectivity index (χ1v) is 7.50. The maximum atomic E-state index is 12.0.